The third kappa shape index (κ3) is 6.44. The van der Waals surface area contributed by atoms with Gasteiger partial charge >= 0.3 is 0 Å². The van der Waals surface area contributed by atoms with Gasteiger partial charge in [0.25, 0.3) is 0 Å². The predicted molar refractivity (Wildman–Crippen MR) is 111 cm³/mol. The standard InChI is InChI=1S/C22H28N4O/c27-21(23-15-14-19-10-4-1-5-11-19)18-24-22(26-16-8-3-9-17-26)25-20-12-6-2-7-13-20/h1-2,4-7,10-13H,3,8-9,14-18H2,(H,23,27)(H,24,25). The smallest absolute Gasteiger partial charge is 0.241 e. The van der Waals surface area contributed by atoms with Crippen LogP contribution in [0.3, 0.4) is 0 Å². The zero-order valence-electron chi connectivity index (χ0n) is 15.7. The second-order valence-corrected chi connectivity index (χ2v) is 6.76. The summed E-state index contributed by atoms with van der Waals surface area (Å²) in [5.41, 5.74) is 2.22. The van der Waals surface area contributed by atoms with Crippen LogP contribution in [0.4, 0.5) is 5.69 Å². The largest absolute Gasteiger partial charge is 0.354 e. The maximum absolute atomic E-state index is 12.2. The van der Waals surface area contributed by atoms with Gasteiger partial charge in [-0.25, -0.2) is 4.99 Å². The van der Waals surface area contributed by atoms with Gasteiger partial charge in [-0.15, -0.1) is 0 Å². The third-order valence-electron chi connectivity index (χ3n) is 4.64. The molecule has 27 heavy (non-hydrogen) atoms. The summed E-state index contributed by atoms with van der Waals surface area (Å²) in [6.07, 6.45) is 4.42. The fourth-order valence-corrected chi connectivity index (χ4v) is 3.17. The molecule has 0 spiro atoms. The van der Waals surface area contributed by atoms with Gasteiger partial charge in [-0.1, -0.05) is 48.5 Å². The molecule has 142 valence electrons. The highest BCUT2D eigenvalue weighted by atomic mass is 16.1. The summed E-state index contributed by atoms with van der Waals surface area (Å²) in [6.45, 7) is 2.73. The van der Waals surface area contributed by atoms with Crippen LogP contribution in [0.25, 0.3) is 0 Å². The molecule has 0 saturated carbocycles. The molecule has 1 saturated heterocycles. The summed E-state index contributed by atoms with van der Waals surface area (Å²) in [7, 11) is 0. The maximum atomic E-state index is 12.2. The van der Waals surface area contributed by atoms with Crippen LogP contribution in [0.1, 0.15) is 24.8 Å². The van der Waals surface area contributed by atoms with E-state index in [-0.39, 0.29) is 12.5 Å². The molecule has 0 unspecified atom stereocenters. The highest BCUT2D eigenvalue weighted by Crippen LogP contribution is 2.12. The number of rotatable bonds is 6. The van der Waals surface area contributed by atoms with E-state index in [0.717, 1.165) is 31.2 Å². The van der Waals surface area contributed by atoms with E-state index in [1.165, 1.54) is 24.8 Å². The number of aliphatic imine (C=N–C) groups is 1. The van der Waals surface area contributed by atoms with Crippen molar-refractivity contribution in [2.75, 3.05) is 31.5 Å². The molecule has 0 aromatic heterocycles. The summed E-state index contributed by atoms with van der Waals surface area (Å²) in [5, 5.41) is 6.34. The lowest BCUT2D eigenvalue weighted by Gasteiger charge is -2.30. The Morgan fingerprint density at radius 1 is 0.926 bits per heavy atom. The van der Waals surface area contributed by atoms with Gasteiger partial charge < -0.3 is 15.5 Å². The number of nitrogens with one attached hydrogen (secondary N) is 2. The van der Waals surface area contributed by atoms with Crippen molar-refractivity contribution in [3.63, 3.8) is 0 Å². The molecule has 1 aliphatic heterocycles. The first-order valence-corrected chi connectivity index (χ1v) is 9.73. The average molecular weight is 364 g/mol. The molecule has 2 N–H and O–H groups in total. The fourth-order valence-electron chi connectivity index (χ4n) is 3.17. The second kappa shape index (κ2) is 10.4. The summed E-state index contributed by atoms with van der Waals surface area (Å²) >= 11 is 0. The van der Waals surface area contributed by atoms with E-state index in [0.29, 0.717) is 6.54 Å². The quantitative estimate of drug-likeness (QED) is 0.611. The number of hydrogen-bond acceptors (Lipinski definition) is 2. The van der Waals surface area contributed by atoms with Crippen LogP contribution in [0.15, 0.2) is 65.7 Å². The first-order valence-electron chi connectivity index (χ1n) is 9.73. The van der Waals surface area contributed by atoms with E-state index in [4.69, 9.17) is 0 Å². The molecule has 1 heterocycles. The number of para-hydroxylation sites is 1. The van der Waals surface area contributed by atoms with Crippen LogP contribution in [0, 0.1) is 0 Å². The van der Waals surface area contributed by atoms with Crippen molar-refractivity contribution in [3.8, 4) is 0 Å². The van der Waals surface area contributed by atoms with Gasteiger partial charge in [0.2, 0.25) is 5.91 Å². The number of amides is 1. The molecule has 2 aromatic carbocycles. The van der Waals surface area contributed by atoms with E-state index in [1.807, 2.05) is 48.5 Å². The van der Waals surface area contributed by atoms with Crippen molar-refractivity contribution in [1.29, 1.82) is 0 Å². The Bertz CT molecular complexity index is 724. The number of carbonyl (C=O) groups excluding carboxylic acids is 1. The summed E-state index contributed by atoms with van der Waals surface area (Å²) in [5.74, 6) is 0.745. The van der Waals surface area contributed by atoms with Crippen LogP contribution >= 0.6 is 0 Å². The van der Waals surface area contributed by atoms with Crippen molar-refractivity contribution in [1.82, 2.24) is 10.2 Å². The molecule has 3 rings (SSSR count). The number of piperidine rings is 1. The molecule has 1 aliphatic rings. The topological polar surface area (TPSA) is 56.7 Å². The predicted octanol–water partition coefficient (Wildman–Crippen LogP) is 3.30. The van der Waals surface area contributed by atoms with Gasteiger partial charge in [0.1, 0.15) is 6.54 Å². The Kier molecular flexibility index (Phi) is 7.27. The number of guanidine groups is 1. The highest BCUT2D eigenvalue weighted by molar-refractivity contribution is 5.95. The minimum atomic E-state index is -0.0460. The zero-order chi connectivity index (χ0) is 18.7. The molecule has 0 radical (unpaired) electrons. The lowest BCUT2D eigenvalue weighted by molar-refractivity contribution is -0.119. The van der Waals surface area contributed by atoms with Gasteiger partial charge in [0.15, 0.2) is 5.96 Å². The molecule has 5 heteroatoms. The normalized spacial score (nSPS) is 14.7. The summed E-state index contributed by atoms with van der Waals surface area (Å²) in [6, 6.07) is 20.2. The van der Waals surface area contributed by atoms with E-state index in [2.05, 4.69) is 32.7 Å². The minimum Gasteiger partial charge on any atom is -0.354 e. The highest BCUT2D eigenvalue weighted by Gasteiger charge is 2.15. The van der Waals surface area contributed by atoms with Crippen molar-refractivity contribution in [2.24, 2.45) is 4.99 Å². The molecule has 2 aromatic rings. The molecule has 1 amide bonds. The molecule has 0 aliphatic carbocycles. The van der Waals surface area contributed by atoms with Crippen molar-refractivity contribution < 1.29 is 4.79 Å². The lowest BCUT2D eigenvalue weighted by Crippen LogP contribution is -2.41. The van der Waals surface area contributed by atoms with Crippen LogP contribution in [0.5, 0.6) is 0 Å². The number of likely N-dealkylation sites (tertiary alicyclic amines) is 1. The fraction of sp³-hybridized carbons (Fsp3) is 0.364. The van der Waals surface area contributed by atoms with Gasteiger partial charge in [-0.3, -0.25) is 4.79 Å². The SMILES string of the molecule is O=C(CN=C(Nc1ccccc1)N1CCCCC1)NCCc1ccccc1. The van der Waals surface area contributed by atoms with Gasteiger partial charge in [-0.05, 0) is 43.4 Å². The number of carbonyl (C=O) groups is 1. The Morgan fingerprint density at radius 2 is 1.59 bits per heavy atom. The third-order valence-corrected chi connectivity index (χ3v) is 4.64. The monoisotopic (exact) mass is 364 g/mol. The zero-order valence-corrected chi connectivity index (χ0v) is 15.7. The Hall–Kier alpha value is -2.82. The van der Waals surface area contributed by atoms with Crippen molar-refractivity contribution >= 4 is 17.6 Å². The van der Waals surface area contributed by atoms with Gasteiger partial charge in [-0.2, -0.15) is 0 Å². The summed E-state index contributed by atoms with van der Waals surface area (Å²) in [4.78, 5) is 19.0. The Labute approximate surface area is 161 Å². The van der Waals surface area contributed by atoms with E-state index < -0.39 is 0 Å². The molecule has 1 fully saturated rings. The van der Waals surface area contributed by atoms with Crippen molar-refractivity contribution in [3.05, 3.63) is 66.2 Å². The number of benzene rings is 2. The second-order valence-electron chi connectivity index (χ2n) is 6.76. The Balaban J connectivity index is 1.54. The number of nitrogens with zero attached hydrogens (tertiary/aromatic N) is 2. The first-order chi connectivity index (χ1) is 13.3. The number of hydrogen-bond donors (Lipinski definition) is 2. The maximum Gasteiger partial charge on any atom is 0.241 e. The molecule has 0 bridgehead atoms. The Morgan fingerprint density at radius 3 is 2.30 bits per heavy atom. The van der Waals surface area contributed by atoms with Crippen LogP contribution in [0.2, 0.25) is 0 Å². The average Bonchev–Trinajstić information content (AvgIpc) is 2.73. The minimum absolute atomic E-state index is 0.0460. The van der Waals surface area contributed by atoms with Gasteiger partial charge in [0, 0.05) is 25.3 Å². The lowest BCUT2D eigenvalue weighted by atomic mass is 10.1. The summed E-state index contributed by atoms with van der Waals surface area (Å²) < 4.78 is 0. The number of anilines is 1. The van der Waals surface area contributed by atoms with E-state index in [9.17, 15) is 4.79 Å². The van der Waals surface area contributed by atoms with Crippen LogP contribution in [-0.4, -0.2) is 42.9 Å². The van der Waals surface area contributed by atoms with E-state index >= 15 is 0 Å². The molecule has 5 nitrogen and oxygen atoms in total. The molecule has 0 atom stereocenters. The van der Waals surface area contributed by atoms with Crippen molar-refractivity contribution in [2.45, 2.75) is 25.7 Å². The van der Waals surface area contributed by atoms with Gasteiger partial charge in [0.05, 0.1) is 0 Å². The van der Waals surface area contributed by atoms with E-state index in [1.54, 1.807) is 0 Å². The van der Waals surface area contributed by atoms with Crippen LogP contribution in [-0.2, 0) is 11.2 Å². The molecular formula is C22H28N4O. The molecular weight excluding hydrogens is 336 g/mol. The van der Waals surface area contributed by atoms with Crippen LogP contribution < -0.4 is 10.6 Å². The first kappa shape index (κ1) is 19.0.